The monoisotopic (exact) mass is 444 g/mol. The van der Waals surface area contributed by atoms with Crippen molar-refractivity contribution in [3.05, 3.63) is 76.3 Å². The summed E-state index contributed by atoms with van der Waals surface area (Å²) in [6.45, 7) is 2.70. The van der Waals surface area contributed by atoms with Gasteiger partial charge >= 0.3 is 0 Å². The van der Waals surface area contributed by atoms with E-state index < -0.39 is 10.0 Å². The molecule has 158 valence electrons. The average molecular weight is 445 g/mol. The van der Waals surface area contributed by atoms with Crippen LogP contribution in [0.15, 0.2) is 53.6 Å². The molecule has 1 atom stereocenters. The molecule has 3 aromatic rings. The zero-order valence-corrected chi connectivity index (χ0v) is 18.7. The second-order valence-electron chi connectivity index (χ2n) is 7.81. The molecular weight excluding hydrogens is 420 g/mol. The van der Waals surface area contributed by atoms with Crippen LogP contribution in [0, 0.1) is 6.92 Å². The molecule has 8 heteroatoms. The topological polar surface area (TPSA) is 68.1 Å². The Morgan fingerprint density at radius 3 is 2.63 bits per heavy atom. The van der Waals surface area contributed by atoms with Crippen LogP contribution < -0.4 is 0 Å². The van der Waals surface area contributed by atoms with Crippen LogP contribution in [0.1, 0.15) is 41.4 Å². The summed E-state index contributed by atoms with van der Waals surface area (Å²) in [5.74, 6) is 0.0793. The number of halogens is 1. The first-order valence-corrected chi connectivity index (χ1v) is 11.9. The lowest BCUT2D eigenvalue weighted by molar-refractivity contribution is 0.312. The fraction of sp³-hybridized carbons (Fsp3) is 0.364. The van der Waals surface area contributed by atoms with Crippen LogP contribution in [0.3, 0.4) is 0 Å². The Labute approximate surface area is 182 Å². The number of hydrogen-bond donors (Lipinski definition) is 0. The number of hydrogen-bond acceptors (Lipinski definition) is 4. The Morgan fingerprint density at radius 1 is 1.17 bits per heavy atom. The number of sulfonamides is 1. The Morgan fingerprint density at radius 2 is 1.93 bits per heavy atom. The number of benzene rings is 1. The second-order valence-corrected chi connectivity index (χ2v) is 10.2. The van der Waals surface area contributed by atoms with E-state index in [9.17, 15) is 8.42 Å². The maximum absolute atomic E-state index is 13.2. The largest absolute Gasteiger partial charge is 0.274 e. The minimum Gasteiger partial charge on any atom is -0.274 e. The number of nitrogens with zero attached hydrogens (tertiary/aromatic N) is 4. The van der Waals surface area contributed by atoms with Crippen LogP contribution in [-0.2, 0) is 23.5 Å². The van der Waals surface area contributed by atoms with Crippen LogP contribution in [0.25, 0.3) is 0 Å². The Hall–Kier alpha value is -2.22. The molecule has 2 aromatic heterocycles. The summed E-state index contributed by atoms with van der Waals surface area (Å²) < 4.78 is 29.5. The van der Waals surface area contributed by atoms with Crippen LogP contribution in [-0.4, -0.2) is 40.6 Å². The van der Waals surface area contributed by atoms with E-state index in [-0.39, 0.29) is 10.8 Å². The Bertz CT molecular complexity index is 1140. The first kappa shape index (κ1) is 21.0. The lowest BCUT2D eigenvalue weighted by atomic mass is 9.95. The van der Waals surface area contributed by atoms with E-state index in [1.807, 2.05) is 42.5 Å². The van der Waals surface area contributed by atoms with Gasteiger partial charge in [0, 0.05) is 55.1 Å². The molecule has 0 amide bonds. The minimum atomic E-state index is -3.57. The molecule has 1 aliphatic rings. The molecule has 0 spiro atoms. The number of aromatic nitrogens is 3. The van der Waals surface area contributed by atoms with Gasteiger partial charge in [-0.1, -0.05) is 29.8 Å². The normalized spacial score (nSPS) is 17.9. The second kappa shape index (κ2) is 8.49. The van der Waals surface area contributed by atoms with Gasteiger partial charge in [-0.25, -0.2) is 8.42 Å². The summed E-state index contributed by atoms with van der Waals surface area (Å²) >= 11 is 5.97. The molecule has 1 fully saturated rings. The van der Waals surface area contributed by atoms with Crippen molar-refractivity contribution in [3.8, 4) is 0 Å². The third kappa shape index (κ3) is 4.43. The first-order chi connectivity index (χ1) is 14.3. The van der Waals surface area contributed by atoms with E-state index in [1.54, 1.807) is 29.2 Å². The van der Waals surface area contributed by atoms with Crippen molar-refractivity contribution < 1.29 is 8.42 Å². The molecule has 4 rings (SSSR count). The third-order valence-corrected chi connectivity index (χ3v) is 7.74. The first-order valence-electron chi connectivity index (χ1n) is 10.0. The maximum Gasteiger partial charge on any atom is 0.246 e. The Balaban J connectivity index is 1.53. The van der Waals surface area contributed by atoms with Crippen molar-refractivity contribution in [1.82, 2.24) is 19.1 Å². The molecule has 0 bridgehead atoms. The van der Waals surface area contributed by atoms with Gasteiger partial charge in [-0.05, 0) is 49.6 Å². The highest BCUT2D eigenvalue weighted by molar-refractivity contribution is 7.89. The Kier molecular flexibility index (Phi) is 5.95. The molecule has 0 saturated carbocycles. The van der Waals surface area contributed by atoms with Crippen molar-refractivity contribution in [2.45, 2.75) is 37.0 Å². The van der Waals surface area contributed by atoms with E-state index in [1.165, 1.54) is 0 Å². The van der Waals surface area contributed by atoms with Gasteiger partial charge in [-0.3, -0.25) is 9.67 Å². The summed E-state index contributed by atoms with van der Waals surface area (Å²) in [6, 6.07) is 13.8. The summed E-state index contributed by atoms with van der Waals surface area (Å²) in [5, 5.41) is 4.91. The molecular formula is C22H25ClN4O2S. The van der Waals surface area contributed by atoms with E-state index >= 15 is 0 Å². The molecule has 0 N–H and O–H groups in total. The lowest BCUT2D eigenvalue weighted by Crippen LogP contribution is -2.39. The van der Waals surface area contributed by atoms with E-state index in [4.69, 9.17) is 16.6 Å². The van der Waals surface area contributed by atoms with Gasteiger partial charge < -0.3 is 0 Å². The molecule has 1 aliphatic heterocycles. The van der Waals surface area contributed by atoms with Gasteiger partial charge in [0.15, 0.2) is 0 Å². The van der Waals surface area contributed by atoms with Gasteiger partial charge in [0.1, 0.15) is 4.90 Å². The predicted octanol–water partition coefficient (Wildman–Crippen LogP) is 3.94. The third-order valence-electron chi connectivity index (χ3n) is 5.52. The average Bonchev–Trinajstić information content (AvgIpc) is 3.09. The lowest BCUT2D eigenvalue weighted by Gasteiger charge is -2.31. The van der Waals surface area contributed by atoms with E-state index in [0.717, 1.165) is 29.8 Å². The number of piperidine rings is 1. The van der Waals surface area contributed by atoms with Crippen molar-refractivity contribution in [1.29, 1.82) is 0 Å². The zero-order valence-electron chi connectivity index (χ0n) is 17.1. The number of rotatable bonds is 5. The standard InChI is InChI=1S/C22H25ClN4O2S/c1-16-22(15-26(2)25-16)30(28,29)27-12-4-5-18(14-27)21-7-3-6-20(24-21)13-17-8-10-19(23)11-9-17/h3,6-11,15,18H,4-5,12-14H2,1-2H3/t18-/m0/s1. The highest BCUT2D eigenvalue weighted by Gasteiger charge is 2.33. The summed E-state index contributed by atoms with van der Waals surface area (Å²) in [5.41, 5.74) is 3.59. The molecule has 0 aliphatic carbocycles. The number of aryl methyl sites for hydroxylation is 2. The SMILES string of the molecule is Cc1nn(C)cc1S(=O)(=O)N1CCC[C@H](c2cccc(Cc3ccc(Cl)cc3)n2)C1. The van der Waals surface area contributed by atoms with Crippen molar-refractivity contribution in [3.63, 3.8) is 0 Å². The van der Waals surface area contributed by atoms with Gasteiger partial charge in [0.2, 0.25) is 10.0 Å². The van der Waals surface area contributed by atoms with E-state index in [2.05, 4.69) is 5.10 Å². The van der Waals surface area contributed by atoms with Gasteiger partial charge in [-0.2, -0.15) is 9.40 Å². The fourth-order valence-electron chi connectivity index (χ4n) is 4.01. The van der Waals surface area contributed by atoms with E-state index in [0.29, 0.717) is 30.2 Å². The highest BCUT2D eigenvalue weighted by atomic mass is 35.5. The van der Waals surface area contributed by atoms with Gasteiger partial charge in [-0.15, -0.1) is 0 Å². The summed E-state index contributed by atoms with van der Waals surface area (Å²) in [4.78, 5) is 5.14. The van der Waals surface area contributed by atoms with Gasteiger partial charge in [0.25, 0.3) is 0 Å². The number of pyridine rings is 1. The summed E-state index contributed by atoms with van der Waals surface area (Å²) in [6.07, 6.45) is 4.04. The maximum atomic E-state index is 13.2. The molecule has 1 saturated heterocycles. The van der Waals surface area contributed by atoms with Crippen molar-refractivity contribution in [2.24, 2.45) is 7.05 Å². The quantitative estimate of drug-likeness (QED) is 0.597. The molecule has 3 heterocycles. The van der Waals surface area contributed by atoms with Gasteiger partial charge in [0.05, 0.1) is 5.69 Å². The molecule has 0 radical (unpaired) electrons. The smallest absolute Gasteiger partial charge is 0.246 e. The molecule has 1 aromatic carbocycles. The fourth-order valence-corrected chi connectivity index (χ4v) is 5.86. The van der Waals surface area contributed by atoms with Crippen molar-refractivity contribution >= 4 is 21.6 Å². The molecule has 30 heavy (non-hydrogen) atoms. The summed E-state index contributed by atoms with van der Waals surface area (Å²) in [7, 11) is -1.83. The zero-order chi connectivity index (χ0) is 21.3. The molecule has 0 unspecified atom stereocenters. The van der Waals surface area contributed by atoms with Crippen LogP contribution in [0.2, 0.25) is 5.02 Å². The van der Waals surface area contributed by atoms with Crippen LogP contribution in [0.5, 0.6) is 0 Å². The molecule has 6 nitrogen and oxygen atoms in total. The highest BCUT2D eigenvalue weighted by Crippen LogP contribution is 2.30. The minimum absolute atomic E-state index is 0.0793. The van der Waals surface area contributed by atoms with Crippen LogP contribution >= 0.6 is 11.6 Å². The van der Waals surface area contributed by atoms with Crippen LogP contribution in [0.4, 0.5) is 0 Å². The van der Waals surface area contributed by atoms with Crippen molar-refractivity contribution in [2.75, 3.05) is 13.1 Å². The predicted molar refractivity (Wildman–Crippen MR) is 117 cm³/mol.